The predicted octanol–water partition coefficient (Wildman–Crippen LogP) is 18.7. The smallest absolute Gasteiger partial charge is 0.0755 e. The molecule has 0 saturated heterocycles. The van der Waals surface area contributed by atoms with Gasteiger partial charge in [-0.2, -0.15) is 0 Å². The van der Waals surface area contributed by atoms with Crippen LogP contribution in [0.2, 0.25) is 0 Å². The van der Waals surface area contributed by atoms with Gasteiger partial charge < -0.3 is 9.47 Å². The Balaban J connectivity index is 0.999. The van der Waals surface area contributed by atoms with Gasteiger partial charge in [-0.1, -0.05) is 231 Å². The lowest BCUT2D eigenvalue weighted by atomic mass is 9.65. The molecule has 18 rings (SSSR count). The van der Waals surface area contributed by atoms with Gasteiger partial charge in [0.05, 0.1) is 38.9 Å². The fraction of sp³-hybridized carbons (Fsp3) is 0.0270. The molecule has 4 aliphatic rings. The molecule has 350 valence electrons. The van der Waals surface area contributed by atoms with Gasteiger partial charge in [-0.05, 0) is 136 Å². The van der Waals surface area contributed by atoms with Crippen LogP contribution >= 0.6 is 0 Å². The lowest BCUT2D eigenvalue weighted by molar-refractivity contribution is 0.748. The van der Waals surface area contributed by atoms with Gasteiger partial charge in [-0.25, -0.2) is 0 Å². The first-order valence-corrected chi connectivity index (χ1v) is 26.7. The summed E-state index contributed by atoms with van der Waals surface area (Å²) in [4.78, 5) is 2.64. The van der Waals surface area contributed by atoms with Crippen LogP contribution in [-0.2, 0) is 10.8 Å². The van der Waals surface area contributed by atoms with Crippen LogP contribution in [0, 0.1) is 0 Å². The lowest BCUT2D eigenvalue weighted by Gasteiger charge is -2.40. The SMILES string of the molecule is c1ccc2c(c1)-c1ccccc1C21c2ccccc2-c2c1cc(N(c1ccc3c(c1)C1(c4ccccc4-3)c3ccccc3-n3c4ccccc4c4cccc1c43)c1cc3ccccc3c3ccccc13)c1ccccc21. The van der Waals surface area contributed by atoms with E-state index in [1.165, 1.54) is 138 Å². The lowest BCUT2D eigenvalue weighted by Crippen LogP contribution is -2.33. The monoisotopic (exact) mass is 960 g/mol. The summed E-state index contributed by atoms with van der Waals surface area (Å²) >= 11 is 0. The number of anilines is 3. The second-order valence-electron chi connectivity index (χ2n) is 21.3. The maximum Gasteiger partial charge on any atom is 0.0755 e. The van der Waals surface area contributed by atoms with Crippen molar-refractivity contribution in [2.24, 2.45) is 0 Å². The topological polar surface area (TPSA) is 8.17 Å². The van der Waals surface area contributed by atoms with E-state index in [0.29, 0.717) is 0 Å². The molecule has 14 aromatic rings. The molecule has 2 heteroatoms. The Kier molecular flexibility index (Phi) is 7.77. The minimum atomic E-state index is -0.623. The van der Waals surface area contributed by atoms with Crippen molar-refractivity contribution in [1.29, 1.82) is 0 Å². The number of aromatic nitrogens is 1. The van der Waals surface area contributed by atoms with E-state index in [-0.39, 0.29) is 0 Å². The zero-order valence-electron chi connectivity index (χ0n) is 41.3. The molecule has 0 saturated carbocycles. The number of hydrogen-bond acceptors (Lipinski definition) is 1. The molecule has 1 unspecified atom stereocenters. The van der Waals surface area contributed by atoms with Gasteiger partial charge in [0.1, 0.15) is 0 Å². The summed E-state index contributed by atoms with van der Waals surface area (Å²) in [6.45, 7) is 0. The highest BCUT2D eigenvalue weighted by Crippen LogP contribution is 2.66. The van der Waals surface area contributed by atoms with Crippen molar-refractivity contribution in [3.8, 4) is 39.1 Å². The highest BCUT2D eigenvalue weighted by Gasteiger charge is 2.54. The predicted molar refractivity (Wildman–Crippen MR) is 315 cm³/mol. The van der Waals surface area contributed by atoms with Crippen LogP contribution in [0.4, 0.5) is 17.1 Å². The molecule has 1 aromatic heterocycles. The van der Waals surface area contributed by atoms with Gasteiger partial charge in [0.25, 0.3) is 0 Å². The molecule has 2 heterocycles. The van der Waals surface area contributed by atoms with E-state index in [2.05, 4.69) is 276 Å². The highest BCUT2D eigenvalue weighted by molar-refractivity contribution is 6.18. The molecule has 2 nitrogen and oxygen atoms in total. The summed E-state index contributed by atoms with van der Waals surface area (Å²) in [5.74, 6) is 0. The summed E-state index contributed by atoms with van der Waals surface area (Å²) in [5, 5.41) is 9.91. The van der Waals surface area contributed by atoms with Crippen LogP contribution in [0.3, 0.4) is 0 Å². The van der Waals surface area contributed by atoms with E-state index >= 15 is 0 Å². The Morgan fingerprint density at radius 2 is 0.750 bits per heavy atom. The third-order valence-corrected chi connectivity index (χ3v) is 18.1. The molecule has 0 amide bonds. The number of fused-ring (bicyclic) bond motifs is 27. The standard InChI is InChI=1S/C74H44N2/c1-2-21-47-45(20-1)42-69(53-26-4-3-22-48(47)53)75(70-44-66-71(56-29-6-5-27-54(56)70)58-30-10-15-35-62(58)73(66)59-32-12-7-23-49(59)50-24-8-13-33-60(50)73)46-40-41-52-51-25-9-14-34-61(51)74(65(52)43-46)63-36-16-18-39-68(63)76-67-38-17-11-28-55(67)57-31-19-37-64(74)72(57)76/h1-44H. The van der Waals surface area contributed by atoms with E-state index < -0.39 is 10.8 Å². The first kappa shape index (κ1) is 40.7. The van der Waals surface area contributed by atoms with Crippen LogP contribution in [0.5, 0.6) is 0 Å². The quantitative estimate of drug-likeness (QED) is 0.160. The molecule has 3 aliphatic carbocycles. The maximum atomic E-state index is 2.64. The molecule has 1 aliphatic heterocycles. The third-order valence-electron chi connectivity index (χ3n) is 18.1. The molecular weight excluding hydrogens is 917 g/mol. The Morgan fingerprint density at radius 3 is 1.46 bits per heavy atom. The number of rotatable bonds is 3. The first-order chi connectivity index (χ1) is 37.7. The van der Waals surface area contributed by atoms with Crippen LogP contribution in [0.25, 0.3) is 93.2 Å². The number of nitrogens with zero attached hydrogens (tertiary/aromatic N) is 2. The summed E-state index contributed by atoms with van der Waals surface area (Å²) in [7, 11) is 0. The zero-order chi connectivity index (χ0) is 49.4. The van der Waals surface area contributed by atoms with Crippen molar-refractivity contribution in [3.05, 3.63) is 311 Å². The van der Waals surface area contributed by atoms with Crippen LogP contribution in [-0.4, -0.2) is 4.57 Å². The summed E-state index contributed by atoms with van der Waals surface area (Å²) in [6, 6.07) is 102. The van der Waals surface area contributed by atoms with Crippen molar-refractivity contribution in [2.45, 2.75) is 10.8 Å². The Bertz CT molecular complexity index is 4870. The molecule has 0 radical (unpaired) electrons. The van der Waals surface area contributed by atoms with Gasteiger partial charge in [-0.3, -0.25) is 0 Å². The summed E-state index contributed by atoms with van der Waals surface area (Å²) in [5.41, 5.74) is 24.3. The second kappa shape index (κ2) is 14.5. The van der Waals surface area contributed by atoms with Gasteiger partial charge in [0, 0.05) is 27.2 Å². The minimum absolute atomic E-state index is 0.540. The van der Waals surface area contributed by atoms with E-state index in [0.717, 1.165) is 17.1 Å². The number of para-hydroxylation sites is 3. The van der Waals surface area contributed by atoms with Crippen molar-refractivity contribution in [2.75, 3.05) is 4.90 Å². The number of benzene rings is 13. The average molecular weight is 961 g/mol. The average Bonchev–Trinajstić information content (AvgIpc) is 4.34. The van der Waals surface area contributed by atoms with E-state index in [1.54, 1.807) is 0 Å². The summed E-state index contributed by atoms with van der Waals surface area (Å²) < 4.78 is 2.54. The molecule has 0 fully saturated rings. The van der Waals surface area contributed by atoms with Crippen LogP contribution in [0.1, 0.15) is 44.5 Å². The third kappa shape index (κ3) is 4.76. The van der Waals surface area contributed by atoms with Crippen LogP contribution in [0.15, 0.2) is 267 Å². The maximum absolute atomic E-state index is 2.64. The molecule has 76 heavy (non-hydrogen) atoms. The van der Waals surface area contributed by atoms with Crippen molar-refractivity contribution >= 4 is 71.2 Å². The Labute approximate surface area is 439 Å². The van der Waals surface area contributed by atoms with Crippen LogP contribution < -0.4 is 4.90 Å². The molecule has 13 aromatic carbocycles. The second-order valence-corrected chi connectivity index (χ2v) is 21.3. The van der Waals surface area contributed by atoms with Gasteiger partial charge in [0.15, 0.2) is 0 Å². The van der Waals surface area contributed by atoms with Gasteiger partial charge in [-0.15, -0.1) is 0 Å². The fourth-order valence-electron chi connectivity index (χ4n) is 15.4. The van der Waals surface area contributed by atoms with Crippen molar-refractivity contribution in [1.82, 2.24) is 4.57 Å². The van der Waals surface area contributed by atoms with Gasteiger partial charge >= 0.3 is 0 Å². The van der Waals surface area contributed by atoms with Crippen molar-refractivity contribution in [3.63, 3.8) is 0 Å². The molecule has 1 atom stereocenters. The Hall–Kier alpha value is -9.76. The van der Waals surface area contributed by atoms with E-state index in [4.69, 9.17) is 0 Å². The molecule has 0 bridgehead atoms. The molecular formula is C74H44N2. The van der Waals surface area contributed by atoms with Crippen molar-refractivity contribution < 1.29 is 0 Å². The summed E-state index contributed by atoms with van der Waals surface area (Å²) in [6.07, 6.45) is 0. The largest absolute Gasteiger partial charge is 0.309 e. The zero-order valence-corrected chi connectivity index (χ0v) is 41.3. The molecule has 2 spiro atoms. The first-order valence-electron chi connectivity index (χ1n) is 26.7. The van der Waals surface area contributed by atoms with E-state index in [9.17, 15) is 0 Å². The molecule has 0 N–H and O–H groups in total. The normalized spacial score (nSPS) is 15.5. The minimum Gasteiger partial charge on any atom is -0.309 e. The highest BCUT2D eigenvalue weighted by atomic mass is 15.1. The fourth-order valence-corrected chi connectivity index (χ4v) is 15.4. The number of hydrogen-bond donors (Lipinski definition) is 0. The van der Waals surface area contributed by atoms with Gasteiger partial charge in [0.2, 0.25) is 0 Å². The van der Waals surface area contributed by atoms with E-state index in [1.807, 2.05) is 0 Å². The Morgan fingerprint density at radius 1 is 0.276 bits per heavy atom.